The molecule has 21 heavy (non-hydrogen) atoms. The molecular weight excluding hydrogens is 283 g/mol. The van der Waals surface area contributed by atoms with Gasteiger partial charge in [-0.25, -0.2) is 0 Å². The van der Waals surface area contributed by atoms with E-state index in [2.05, 4.69) is 15.5 Å². The first kappa shape index (κ1) is 13.7. The van der Waals surface area contributed by atoms with Gasteiger partial charge in [-0.3, -0.25) is 9.89 Å². The second-order valence-corrected chi connectivity index (χ2v) is 5.01. The summed E-state index contributed by atoms with van der Waals surface area (Å²) in [7, 11) is 0. The van der Waals surface area contributed by atoms with E-state index in [4.69, 9.17) is 0 Å². The van der Waals surface area contributed by atoms with E-state index in [0.29, 0.717) is 11.7 Å². The van der Waals surface area contributed by atoms with Gasteiger partial charge in [-0.15, -0.1) is 0 Å². The highest BCUT2D eigenvalue weighted by atomic mass is 19.4. The molecule has 1 aromatic carbocycles. The first-order valence-corrected chi connectivity index (χ1v) is 6.47. The predicted molar refractivity (Wildman–Crippen MR) is 70.0 cm³/mol. The molecule has 7 heteroatoms. The van der Waals surface area contributed by atoms with Gasteiger partial charge in [0.15, 0.2) is 0 Å². The number of halogens is 3. The molecule has 1 saturated carbocycles. The van der Waals surface area contributed by atoms with E-state index in [9.17, 15) is 18.0 Å². The van der Waals surface area contributed by atoms with Crippen molar-refractivity contribution in [2.45, 2.75) is 24.9 Å². The lowest BCUT2D eigenvalue weighted by atomic mass is 10.1. The third-order valence-electron chi connectivity index (χ3n) is 3.29. The zero-order chi connectivity index (χ0) is 15.0. The Morgan fingerprint density at radius 3 is 2.71 bits per heavy atom. The van der Waals surface area contributed by atoms with Crippen molar-refractivity contribution in [1.82, 2.24) is 10.2 Å². The Morgan fingerprint density at radius 1 is 1.29 bits per heavy atom. The van der Waals surface area contributed by atoms with Gasteiger partial charge in [0, 0.05) is 17.5 Å². The van der Waals surface area contributed by atoms with Gasteiger partial charge in [-0.05, 0) is 31.0 Å². The minimum atomic E-state index is -4.47. The number of benzene rings is 1. The predicted octanol–water partition coefficient (Wildman–Crippen LogP) is 3.56. The highest BCUT2D eigenvalue weighted by molar-refractivity contribution is 6.03. The molecule has 1 heterocycles. The summed E-state index contributed by atoms with van der Waals surface area (Å²) < 4.78 is 37.8. The number of aromatic amines is 1. The molecule has 0 bridgehead atoms. The molecule has 1 aliphatic rings. The number of hydrogen-bond acceptors (Lipinski definition) is 2. The van der Waals surface area contributed by atoms with Gasteiger partial charge in [0.2, 0.25) is 0 Å². The van der Waals surface area contributed by atoms with E-state index in [0.717, 1.165) is 30.7 Å². The quantitative estimate of drug-likeness (QED) is 0.909. The highest BCUT2D eigenvalue weighted by Gasteiger charge is 2.31. The average molecular weight is 295 g/mol. The van der Waals surface area contributed by atoms with E-state index < -0.39 is 17.6 Å². The van der Waals surface area contributed by atoms with E-state index >= 15 is 0 Å². The minimum absolute atomic E-state index is 0.0487. The fourth-order valence-corrected chi connectivity index (χ4v) is 2.02. The molecule has 0 spiro atoms. The number of nitrogens with one attached hydrogen (secondary N) is 2. The van der Waals surface area contributed by atoms with Crippen LogP contribution in [0.15, 0.2) is 30.3 Å². The van der Waals surface area contributed by atoms with Crippen molar-refractivity contribution in [3.05, 3.63) is 47.2 Å². The maximum absolute atomic E-state index is 12.6. The second-order valence-electron chi connectivity index (χ2n) is 5.01. The van der Waals surface area contributed by atoms with Gasteiger partial charge in [-0.2, -0.15) is 18.3 Å². The molecule has 1 amide bonds. The van der Waals surface area contributed by atoms with E-state index in [1.807, 2.05) is 0 Å². The molecule has 2 N–H and O–H groups in total. The molecule has 0 radical (unpaired) electrons. The Bertz CT molecular complexity index is 674. The molecule has 0 atom stereocenters. The van der Waals surface area contributed by atoms with Crippen LogP contribution in [0, 0.1) is 0 Å². The monoisotopic (exact) mass is 295 g/mol. The number of rotatable bonds is 3. The zero-order valence-corrected chi connectivity index (χ0v) is 10.9. The van der Waals surface area contributed by atoms with E-state index in [-0.39, 0.29) is 5.56 Å². The van der Waals surface area contributed by atoms with Crippen LogP contribution < -0.4 is 5.32 Å². The van der Waals surface area contributed by atoms with Crippen LogP contribution in [0.3, 0.4) is 0 Å². The summed E-state index contributed by atoms with van der Waals surface area (Å²) in [5.41, 5.74) is -0.0276. The Labute approximate surface area is 118 Å². The highest BCUT2D eigenvalue weighted by Crippen LogP contribution is 2.39. The maximum atomic E-state index is 12.6. The first-order valence-electron chi connectivity index (χ1n) is 6.47. The summed E-state index contributed by atoms with van der Waals surface area (Å²) in [4.78, 5) is 12.0. The molecule has 0 saturated heterocycles. The van der Waals surface area contributed by atoms with Gasteiger partial charge in [0.05, 0.1) is 11.3 Å². The Kier molecular flexibility index (Phi) is 3.19. The van der Waals surface area contributed by atoms with Crippen LogP contribution >= 0.6 is 0 Å². The Balaban J connectivity index is 1.75. The fourth-order valence-electron chi connectivity index (χ4n) is 2.02. The van der Waals surface area contributed by atoms with Crippen LogP contribution in [-0.2, 0) is 6.18 Å². The van der Waals surface area contributed by atoms with Crippen molar-refractivity contribution in [2.75, 3.05) is 5.32 Å². The summed E-state index contributed by atoms with van der Waals surface area (Å²) in [5.74, 6) is 0.215. The first-order chi connectivity index (χ1) is 9.93. The summed E-state index contributed by atoms with van der Waals surface area (Å²) in [6.07, 6.45) is -2.32. The lowest BCUT2D eigenvalue weighted by Crippen LogP contribution is -2.14. The normalized spacial score (nSPS) is 15.0. The molecule has 2 aromatic rings. The number of H-pyrrole nitrogens is 1. The third kappa shape index (κ3) is 3.07. The lowest BCUT2D eigenvalue weighted by Gasteiger charge is -2.08. The Hall–Kier alpha value is -2.31. The van der Waals surface area contributed by atoms with Crippen molar-refractivity contribution in [3.63, 3.8) is 0 Å². The fraction of sp³-hybridized carbons (Fsp3) is 0.286. The number of carbonyl (C=O) groups excluding carboxylic acids is 1. The molecule has 1 aromatic heterocycles. The lowest BCUT2D eigenvalue weighted by molar-refractivity contribution is -0.137. The number of alkyl halides is 3. The minimum Gasteiger partial charge on any atom is -0.307 e. The molecule has 110 valence electrons. The van der Waals surface area contributed by atoms with Gasteiger partial charge >= 0.3 is 6.18 Å². The Morgan fingerprint density at radius 2 is 2.05 bits per heavy atom. The van der Waals surface area contributed by atoms with Gasteiger partial charge in [0.1, 0.15) is 5.82 Å². The second kappa shape index (κ2) is 4.91. The largest absolute Gasteiger partial charge is 0.416 e. The average Bonchev–Trinajstić information content (AvgIpc) is 3.19. The maximum Gasteiger partial charge on any atom is 0.416 e. The van der Waals surface area contributed by atoms with Gasteiger partial charge in [0.25, 0.3) is 5.91 Å². The molecule has 1 fully saturated rings. The topological polar surface area (TPSA) is 57.8 Å². The molecule has 0 aliphatic heterocycles. The molecular formula is C14H12F3N3O. The summed E-state index contributed by atoms with van der Waals surface area (Å²) >= 11 is 0. The van der Waals surface area contributed by atoms with Crippen LogP contribution in [0.5, 0.6) is 0 Å². The zero-order valence-electron chi connectivity index (χ0n) is 10.9. The number of nitrogens with zero attached hydrogens (tertiary/aromatic N) is 1. The van der Waals surface area contributed by atoms with E-state index in [1.165, 1.54) is 12.1 Å². The van der Waals surface area contributed by atoms with Crippen molar-refractivity contribution in [2.24, 2.45) is 0 Å². The van der Waals surface area contributed by atoms with Gasteiger partial charge < -0.3 is 5.32 Å². The van der Waals surface area contributed by atoms with Crippen LogP contribution in [0.1, 0.15) is 40.4 Å². The van der Waals surface area contributed by atoms with Crippen molar-refractivity contribution in [3.8, 4) is 0 Å². The van der Waals surface area contributed by atoms with Crippen LogP contribution in [0.4, 0.5) is 19.0 Å². The van der Waals surface area contributed by atoms with E-state index in [1.54, 1.807) is 6.07 Å². The van der Waals surface area contributed by atoms with Crippen molar-refractivity contribution in [1.29, 1.82) is 0 Å². The van der Waals surface area contributed by atoms with Crippen LogP contribution in [0.25, 0.3) is 0 Å². The smallest absolute Gasteiger partial charge is 0.307 e. The molecule has 0 unspecified atom stereocenters. The summed E-state index contributed by atoms with van der Waals surface area (Å²) in [5, 5.41) is 9.25. The van der Waals surface area contributed by atoms with Crippen molar-refractivity contribution < 1.29 is 18.0 Å². The van der Waals surface area contributed by atoms with Crippen molar-refractivity contribution >= 4 is 11.7 Å². The number of carbonyl (C=O) groups is 1. The SMILES string of the molecule is O=C(Nc1cc(C2CC2)n[nH]1)c1cccc(C(F)(F)F)c1. The summed E-state index contributed by atoms with van der Waals surface area (Å²) in [6.45, 7) is 0. The number of anilines is 1. The summed E-state index contributed by atoms with van der Waals surface area (Å²) in [6, 6.07) is 6.01. The molecule has 3 rings (SSSR count). The number of aromatic nitrogens is 2. The number of hydrogen-bond donors (Lipinski definition) is 2. The molecule has 4 nitrogen and oxygen atoms in total. The van der Waals surface area contributed by atoms with Gasteiger partial charge in [-0.1, -0.05) is 6.07 Å². The van der Waals surface area contributed by atoms with Crippen LogP contribution in [0.2, 0.25) is 0 Å². The molecule has 1 aliphatic carbocycles. The number of amides is 1. The standard InChI is InChI=1S/C14H12F3N3O/c15-14(16,17)10-3-1-2-9(6-10)13(21)18-12-7-11(19-20-12)8-4-5-8/h1-3,6-8H,4-5H2,(H2,18,19,20,21). The third-order valence-corrected chi connectivity index (χ3v) is 3.29. The van der Waals surface area contributed by atoms with Crippen LogP contribution in [-0.4, -0.2) is 16.1 Å².